The number of ether oxygens (including phenoxy) is 1. The van der Waals surface area contributed by atoms with Crippen LogP contribution in [0.25, 0.3) is 11.6 Å². The van der Waals surface area contributed by atoms with E-state index in [4.69, 9.17) is 9.15 Å². The molecule has 1 N–H and O–H groups in total. The molecule has 2 aromatic heterocycles. The Balaban J connectivity index is 1.42. The molecule has 196 valence electrons. The van der Waals surface area contributed by atoms with Gasteiger partial charge in [-0.2, -0.15) is 4.80 Å². The van der Waals surface area contributed by atoms with Gasteiger partial charge >= 0.3 is 0 Å². The van der Waals surface area contributed by atoms with Crippen LogP contribution in [0.5, 0.6) is 0 Å². The zero-order valence-electron chi connectivity index (χ0n) is 20.8. The number of aryl methyl sites for hydroxylation is 1. The minimum atomic E-state index is -0.950. The molecule has 5 rings (SSSR count). The Bertz CT molecular complexity index is 1210. The van der Waals surface area contributed by atoms with Gasteiger partial charge in [-0.05, 0) is 67.6 Å². The summed E-state index contributed by atoms with van der Waals surface area (Å²) in [7, 11) is 0. The van der Waals surface area contributed by atoms with E-state index < -0.39 is 11.9 Å². The van der Waals surface area contributed by atoms with Crippen LogP contribution in [0.2, 0.25) is 0 Å². The molecule has 1 saturated carbocycles. The number of carbonyl (C=O) groups is 2. The number of hydrogen-bond acceptors (Lipinski definition) is 7. The van der Waals surface area contributed by atoms with Gasteiger partial charge in [-0.1, -0.05) is 25.0 Å². The molecule has 2 fully saturated rings. The maximum absolute atomic E-state index is 13.8. The Kier molecular flexibility index (Phi) is 7.59. The van der Waals surface area contributed by atoms with E-state index in [0.717, 1.165) is 38.5 Å². The molecule has 3 heterocycles. The lowest BCUT2D eigenvalue weighted by atomic mass is 10.0. The summed E-state index contributed by atoms with van der Waals surface area (Å²) in [6, 6.07) is 8.35. The van der Waals surface area contributed by atoms with Crippen molar-refractivity contribution in [3.8, 4) is 11.6 Å². The summed E-state index contributed by atoms with van der Waals surface area (Å²) in [4.78, 5) is 30.1. The Morgan fingerprint density at radius 2 is 1.92 bits per heavy atom. The van der Waals surface area contributed by atoms with Gasteiger partial charge in [0.05, 0.1) is 6.10 Å². The van der Waals surface area contributed by atoms with Gasteiger partial charge in [0.15, 0.2) is 5.76 Å². The van der Waals surface area contributed by atoms with Gasteiger partial charge in [0.1, 0.15) is 24.2 Å². The smallest absolute Gasteiger partial charge is 0.247 e. The fourth-order valence-electron chi connectivity index (χ4n) is 5.00. The number of rotatable bonds is 9. The van der Waals surface area contributed by atoms with Crippen LogP contribution in [0.4, 0.5) is 4.39 Å². The largest absolute Gasteiger partial charge is 0.458 e. The van der Waals surface area contributed by atoms with Crippen molar-refractivity contribution in [1.82, 2.24) is 30.4 Å². The highest BCUT2D eigenvalue weighted by molar-refractivity contribution is 5.89. The Hall–Kier alpha value is -3.60. The number of halogens is 1. The molecule has 2 atom stereocenters. The number of nitrogens with zero attached hydrogens (tertiary/aromatic N) is 5. The van der Waals surface area contributed by atoms with Crippen molar-refractivity contribution in [2.45, 2.75) is 70.2 Å². The summed E-state index contributed by atoms with van der Waals surface area (Å²) >= 11 is 0. The molecule has 0 radical (unpaired) electrons. The molecule has 11 heteroatoms. The zero-order valence-corrected chi connectivity index (χ0v) is 20.8. The number of hydrogen-bond donors (Lipinski definition) is 1. The van der Waals surface area contributed by atoms with Crippen molar-refractivity contribution in [3.05, 3.63) is 53.5 Å². The summed E-state index contributed by atoms with van der Waals surface area (Å²) in [6.07, 6.45) is 5.39. The van der Waals surface area contributed by atoms with Crippen molar-refractivity contribution in [2.75, 3.05) is 13.2 Å². The molecular weight excluding hydrogens is 479 g/mol. The highest BCUT2D eigenvalue weighted by Gasteiger charge is 2.35. The van der Waals surface area contributed by atoms with Crippen molar-refractivity contribution in [2.24, 2.45) is 0 Å². The van der Waals surface area contributed by atoms with Gasteiger partial charge in [0.2, 0.25) is 17.6 Å². The standard InChI is InChI=1S/C26H31FN6O4/c1-17-8-13-22(37-17)25-29-31-33(30-25)16-23(34)32(15-21-7-4-14-36-21)24(18-9-11-19(27)12-10-18)26(35)28-20-5-2-3-6-20/h8-13,20-21,24H,2-7,14-16H2,1H3,(H,28,35)/t21-,24+/m1/s1. The lowest BCUT2D eigenvalue weighted by Crippen LogP contribution is -2.49. The van der Waals surface area contributed by atoms with Crippen LogP contribution in [0.3, 0.4) is 0 Å². The molecule has 0 bridgehead atoms. The first-order chi connectivity index (χ1) is 18.0. The number of carbonyl (C=O) groups excluding carboxylic acids is 2. The number of furan rings is 1. The number of nitrogens with one attached hydrogen (secondary N) is 1. The number of tetrazole rings is 1. The van der Waals surface area contributed by atoms with Gasteiger partial charge in [0, 0.05) is 19.2 Å². The SMILES string of the molecule is Cc1ccc(-c2nnn(CC(=O)N(C[C@H]3CCCO3)[C@H](C(=O)NC3CCCC3)c3ccc(F)cc3)n2)o1. The van der Waals surface area contributed by atoms with Gasteiger partial charge in [-0.25, -0.2) is 4.39 Å². The predicted octanol–water partition coefficient (Wildman–Crippen LogP) is 3.19. The number of amides is 2. The second-order valence-corrected chi connectivity index (χ2v) is 9.68. The summed E-state index contributed by atoms with van der Waals surface area (Å²) in [6.45, 7) is 2.41. The maximum atomic E-state index is 13.8. The molecule has 0 unspecified atom stereocenters. The highest BCUT2D eigenvalue weighted by Crippen LogP contribution is 2.27. The van der Waals surface area contributed by atoms with Crippen LogP contribution in [0, 0.1) is 12.7 Å². The molecular formula is C26H31FN6O4. The van der Waals surface area contributed by atoms with Crippen LogP contribution in [0.1, 0.15) is 55.9 Å². The van der Waals surface area contributed by atoms with E-state index in [0.29, 0.717) is 23.7 Å². The third-order valence-electron chi connectivity index (χ3n) is 6.88. The molecule has 37 heavy (non-hydrogen) atoms. The van der Waals surface area contributed by atoms with Crippen LogP contribution in [-0.4, -0.2) is 62.2 Å². The quantitative estimate of drug-likeness (QED) is 0.470. The van der Waals surface area contributed by atoms with Crippen LogP contribution in [-0.2, 0) is 20.9 Å². The average Bonchev–Trinajstić information content (AvgIpc) is 3.69. The lowest BCUT2D eigenvalue weighted by Gasteiger charge is -2.33. The first-order valence-corrected chi connectivity index (χ1v) is 12.8. The van der Waals surface area contributed by atoms with Crippen molar-refractivity contribution >= 4 is 11.8 Å². The first-order valence-electron chi connectivity index (χ1n) is 12.8. The zero-order chi connectivity index (χ0) is 25.8. The second-order valence-electron chi connectivity index (χ2n) is 9.68. The first kappa shape index (κ1) is 25.1. The van der Waals surface area contributed by atoms with Crippen LogP contribution in [0.15, 0.2) is 40.8 Å². The topological polar surface area (TPSA) is 115 Å². The van der Waals surface area contributed by atoms with Gasteiger partial charge < -0.3 is 19.4 Å². The Morgan fingerprint density at radius 3 is 2.59 bits per heavy atom. The number of aromatic nitrogens is 4. The maximum Gasteiger partial charge on any atom is 0.247 e. The molecule has 2 amide bonds. The minimum Gasteiger partial charge on any atom is -0.458 e. The molecule has 1 aliphatic carbocycles. The second kappa shape index (κ2) is 11.2. The van der Waals surface area contributed by atoms with Crippen molar-refractivity contribution in [3.63, 3.8) is 0 Å². The third kappa shape index (κ3) is 6.04. The van der Waals surface area contributed by atoms with E-state index in [2.05, 4.69) is 20.7 Å². The monoisotopic (exact) mass is 510 g/mol. The fourth-order valence-corrected chi connectivity index (χ4v) is 5.00. The summed E-state index contributed by atoms with van der Waals surface area (Å²) in [5.74, 6) is 0.353. The lowest BCUT2D eigenvalue weighted by molar-refractivity contribution is -0.143. The van der Waals surface area contributed by atoms with E-state index in [1.807, 2.05) is 6.92 Å². The normalized spacial score (nSPS) is 18.7. The van der Waals surface area contributed by atoms with Gasteiger partial charge in [0.25, 0.3) is 0 Å². The molecule has 1 aromatic carbocycles. The minimum absolute atomic E-state index is 0.0615. The van der Waals surface area contributed by atoms with Gasteiger partial charge in [-0.3, -0.25) is 9.59 Å². The molecule has 2 aliphatic rings. The van der Waals surface area contributed by atoms with Crippen molar-refractivity contribution < 1.29 is 23.1 Å². The number of benzene rings is 1. The predicted molar refractivity (Wildman–Crippen MR) is 130 cm³/mol. The van der Waals surface area contributed by atoms with E-state index in [1.165, 1.54) is 21.8 Å². The van der Waals surface area contributed by atoms with Crippen LogP contribution >= 0.6 is 0 Å². The molecule has 0 spiro atoms. The van der Waals surface area contributed by atoms with E-state index in [9.17, 15) is 14.0 Å². The van der Waals surface area contributed by atoms with Gasteiger partial charge in [-0.15, -0.1) is 10.2 Å². The average molecular weight is 511 g/mol. The Labute approximate surface area is 214 Å². The molecule has 10 nitrogen and oxygen atoms in total. The molecule has 1 aliphatic heterocycles. The molecule has 1 saturated heterocycles. The van der Waals surface area contributed by atoms with Crippen molar-refractivity contribution in [1.29, 1.82) is 0 Å². The van der Waals surface area contributed by atoms with E-state index in [-0.39, 0.29) is 42.9 Å². The molecule has 3 aromatic rings. The highest BCUT2D eigenvalue weighted by atomic mass is 19.1. The van der Waals surface area contributed by atoms with E-state index >= 15 is 0 Å². The van der Waals surface area contributed by atoms with E-state index in [1.54, 1.807) is 24.3 Å². The summed E-state index contributed by atoms with van der Waals surface area (Å²) in [5, 5.41) is 15.4. The van der Waals surface area contributed by atoms with Crippen LogP contribution < -0.4 is 5.32 Å². The summed E-state index contributed by atoms with van der Waals surface area (Å²) in [5.41, 5.74) is 0.529. The Morgan fingerprint density at radius 1 is 1.14 bits per heavy atom. The fraction of sp³-hybridized carbons (Fsp3) is 0.500. The third-order valence-corrected chi connectivity index (χ3v) is 6.88. The summed E-state index contributed by atoms with van der Waals surface area (Å²) < 4.78 is 25.1.